The molecule has 1 aromatic carbocycles. The molecule has 1 fully saturated rings. The van der Waals surface area contributed by atoms with E-state index in [1.54, 1.807) is 25.4 Å². The van der Waals surface area contributed by atoms with Gasteiger partial charge in [0.15, 0.2) is 11.6 Å². The van der Waals surface area contributed by atoms with Crippen LogP contribution in [0.25, 0.3) is 22.3 Å². The number of nitrogens with one attached hydrogen (secondary N) is 1. The van der Waals surface area contributed by atoms with Gasteiger partial charge in [-0.2, -0.15) is 0 Å². The lowest BCUT2D eigenvalue weighted by atomic mass is 9.98. The van der Waals surface area contributed by atoms with Crippen molar-refractivity contribution in [3.05, 3.63) is 54.1 Å². The number of aromatic nitrogens is 5. The summed E-state index contributed by atoms with van der Waals surface area (Å²) >= 11 is 0. The third-order valence-electron chi connectivity index (χ3n) is 7.24. The van der Waals surface area contributed by atoms with Crippen molar-refractivity contribution < 1.29 is 18.3 Å². The van der Waals surface area contributed by atoms with Gasteiger partial charge in [0.25, 0.3) is 0 Å². The first-order valence-corrected chi connectivity index (χ1v) is 13.6. The maximum atomic E-state index is 15.0. The fraction of sp³-hybridized carbons (Fsp3) is 0.448. The van der Waals surface area contributed by atoms with E-state index in [4.69, 9.17) is 9.47 Å². The quantitative estimate of drug-likeness (QED) is 0.275. The van der Waals surface area contributed by atoms with Gasteiger partial charge in [-0.1, -0.05) is 0 Å². The molecule has 1 N–H and O–H groups in total. The molecule has 11 heteroatoms. The topological polar surface area (TPSA) is 90.2 Å². The van der Waals surface area contributed by atoms with Crippen LogP contribution in [0.2, 0.25) is 0 Å². The Morgan fingerprint density at radius 2 is 1.85 bits per heavy atom. The van der Waals surface area contributed by atoms with Gasteiger partial charge in [0.2, 0.25) is 5.95 Å². The molecule has 5 rings (SSSR count). The first kappa shape index (κ1) is 27.9. The van der Waals surface area contributed by atoms with Gasteiger partial charge < -0.3 is 24.3 Å². The molecule has 0 aliphatic carbocycles. The number of anilines is 2. The number of rotatable bonds is 10. The zero-order valence-corrected chi connectivity index (χ0v) is 23.3. The van der Waals surface area contributed by atoms with Crippen molar-refractivity contribution in [1.82, 2.24) is 29.4 Å². The van der Waals surface area contributed by atoms with Crippen LogP contribution in [0.15, 0.2) is 36.7 Å². The minimum Gasteiger partial charge on any atom is -0.492 e. The summed E-state index contributed by atoms with van der Waals surface area (Å²) in [6.07, 6.45) is 4.89. The monoisotopic (exact) mass is 551 g/mol. The number of hydrogen-bond donors (Lipinski definition) is 1. The first-order chi connectivity index (χ1) is 19.3. The number of fused-ring (bicyclic) bond motifs is 1. The van der Waals surface area contributed by atoms with Gasteiger partial charge in [-0.25, -0.2) is 28.7 Å². The second-order valence-corrected chi connectivity index (χ2v) is 10.4. The molecule has 0 saturated carbocycles. The number of likely N-dealkylation sites (tertiary alicyclic amines) is 1. The number of halogens is 2. The van der Waals surface area contributed by atoms with Gasteiger partial charge in [-0.05, 0) is 76.9 Å². The normalized spacial score (nSPS) is 14.8. The van der Waals surface area contributed by atoms with Gasteiger partial charge in [-0.3, -0.25) is 0 Å². The number of benzene rings is 1. The summed E-state index contributed by atoms with van der Waals surface area (Å²) in [6.45, 7) is 10.3. The maximum absolute atomic E-state index is 15.0. The van der Waals surface area contributed by atoms with Gasteiger partial charge in [0.05, 0.1) is 31.1 Å². The Hall–Kier alpha value is -3.70. The van der Waals surface area contributed by atoms with Crippen LogP contribution in [0.1, 0.15) is 38.6 Å². The van der Waals surface area contributed by atoms with Crippen LogP contribution in [0, 0.1) is 24.5 Å². The average molecular weight is 552 g/mol. The van der Waals surface area contributed by atoms with Crippen molar-refractivity contribution in [1.29, 1.82) is 0 Å². The predicted molar refractivity (Wildman–Crippen MR) is 150 cm³/mol. The minimum atomic E-state index is -0.655. The molecule has 1 aliphatic heterocycles. The second kappa shape index (κ2) is 12.2. The number of ether oxygens (including phenoxy) is 2. The second-order valence-electron chi connectivity index (χ2n) is 10.4. The summed E-state index contributed by atoms with van der Waals surface area (Å²) in [6, 6.07) is 6.60. The lowest BCUT2D eigenvalue weighted by Gasteiger charge is -2.31. The molecule has 0 amide bonds. The molecule has 0 spiro atoms. The van der Waals surface area contributed by atoms with Crippen molar-refractivity contribution in [3.63, 3.8) is 0 Å². The predicted octanol–water partition coefficient (Wildman–Crippen LogP) is 5.54. The van der Waals surface area contributed by atoms with Gasteiger partial charge in [-0.15, -0.1) is 0 Å². The molecule has 40 heavy (non-hydrogen) atoms. The van der Waals surface area contributed by atoms with E-state index in [2.05, 4.69) is 30.2 Å². The number of aryl methyl sites for hydroxylation is 1. The fourth-order valence-corrected chi connectivity index (χ4v) is 5.15. The van der Waals surface area contributed by atoms with Crippen molar-refractivity contribution in [2.75, 3.05) is 45.3 Å². The molecule has 4 heterocycles. The molecule has 3 aromatic heterocycles. The highest BCUT2D eigenvalue weighted by atomic mass is 19.1. The smallest absolute Gasteiger partial charge is 0.229 e. The molecule has 0 atom stereocenters. The Kier molecular flexibility index (Phi) is 8.51. The van der Waals surface area contributed by atoms with Crippen LogP contribution < -0.4 is 10.1 Å². The molecule has 1 saturated heterocycles. The van der Waals surface area contributed by atoms with Crippen LogP contribution in [0.5, 0.6) is 5.75 Å². The Morgan fingerprint density at radius 1 is 1.05 bits per heavy atom. The third kappa shape index (κ3) is 6.20. The zero-order chi connectivity index (χ0) is 28.2. The molecular formula is C29H35F2N7O2. The van der Waals surface area contributed by atoms with Crippen molar-refractivity contribution in [2.45, 2.75) is 39.7 Å². The van der Waals surface area contributed by atoms with Crippen LogP contribution in [-0.2, 0) is 4.74 Å². The Morgan fingerprint density at radius 3 is 2.55 bits per heavy atom. The van der Waals surface area contributed by atoms with E-state index < -0.39 is 11.6 Å². The Labute approximate surface area is 232 Å². The Balaban J connectivity index is 1.25. The number of piperidine rings is 1. The average Bonchev–Trinajstić information content (AvgIpc) is 3.29. The molecule has 0 radical (unpaired) electrons. The van der Waals surface area contributed by atoms with Crippen LogP contribution in [0.3, 0.4) is 0 Å². The third-order valence-corrected chi connectivity index (χ3v) is 7.24. The number of pyridine rings is 1. The van der Waals surface area contributed by atoms with E-state index in [0.29, 0.717) is 41.0 Å². The van der Waals surface area contributed by atoms with E-state index in [1.807, 2.05) is 31.4 Å². The highest BCUT2D eigenvalue weighted by Gasteiger charge is 2.20. The molecule has 1 aliphatic rings. The van der Waals surface area contributed by atoms with E-state index in [9.17, 15) is 8.78 Å². The summed E-state index contributed by atoms with van der Waals surface area (Å²) < 4.78 is 42.8. The van der Waals surface area contributed by atoms with Crippen LogP contribution >= 0.6 is 0 Å². The maximum Gasteiger partial charge on any atom is 0.229 e. The van der Waals surface area contributed by atoms with E-state index >= 15 is 0 Å². The molecule has 4 aromatic rings. The lowest BCUT2D eigenvalue weighted by molar-refractivity contribution is 0.105. The highest BCUT2D eigenvalue weighted by Crippen LogP contribution is 2.30. The van der Waals surface area contributed by atoms with Gasteiger partial charge >= 0.3 is 0 Å². The summed E-state index contributed by atoms with van der Waals surface area (Å²) in [7, 11) is 1.73. The number of nitrogens with zero attached hydrogens (tertiary/aromatic N) is 6. The largest absolute Gasteiger partial charge is 0.492 e. The summed E-state index contributed by atoms with van der Waals surface area (Å²) in [4.78, 5) is 19.5. The van der Waals surface area contributed by atoms with Crippen molar-refractivity contribution in [2.24, 2.45) is 5.92 Å². The molecule has 9 nitrogen and oxygen atoms in total. The summed E-state index contributed by atoms with van der Waals surface area (Å²) in [5, 5.41) is 3.00. The highest BCUT2D eigenvalue weighted by molar-refractivity contribution is 5.83. The van der Waals surface area contributed by atoms with Crippen LogP contribution in [-0.4, -0.2) is 69.4 Å². The van der Waals surface area contributed by atoms with E-state index in [-0.39, 0.29) is 23.2 Å². The first-order valence-electron chi connectivity index (χ1n) is 13.6. The molecule has 212 valence electrons. The van der Waals surface area contributed by atoms with Gasteiger partial charge in [0.1, 0.15) is 28.6 Å². The van der Waals surface area contributed by atoms with Crippen LogP contribution in [0.4, 0.5) is 20.5 Å². The Bertz CT molecular complexity index is 1450. The van der Waals surface area contributed by atoms with Crippen molar-refractivity contribution in [3.8, 4) is 17.0 Å². The van der Waals surface area contributed by atoms with Gasteiger partial charge in [0, 0.05) is 25.3 Å². The lowest BCUT2D eigenvalue weighted by Crippen LogP contribution is -2.37. The molecular weight excluding hydrogens is 516 g/mol. The molecule has 0 unspecified atom stereocenters. The zero-order valence-electron chi connectivity index (χ0n) is 23.3. The van der Waals surface area contributed by atoms with Crippen molar-refractivity contribution >= 4 is 22.8 Å². The summed E-state index contributed by atoms with van der Waals surface area (Å²) in [5.41, 5.74) is 1.13. The molecule has 0 bridgehead atoms. The number of imidazole rings is 1. The summed E-state index contributed by atoms with van der Waals surface area (Å²) in [5.74, 6) is 1.31. The minimum absolute atomic E-state index is 0.0133. The fourth-order valence-electron chi connectivity index (χ4n) is 5.15. The number of hydrogen-bond acceptors (Lipinski definition) is 8. The van der Waals surface area contributed by atoms with E-state index in [0.717, 1.165) is 45.3 Å². The SMILES string of the molecule is COCCN1CCC(COc2ccc(Nc3ncc(F)c(-c4cc(F)c5nc(C)n(C(C)C)c5c4)n3)nc2)CC1. The van der Waals surface area contributed by atoms with E-state index in [1.165, 1.54) is 6.07 Å². The number of methoxy groups -OCH3 is 1. The standard InChI is InChI=1S/C29H35F2N7O2/c1-18(2)38-19(3)34-28-23(30)13-21(14-25(28)38)27-24(31)16-33-29(36-27)35-26-6-5-22(15-32-26)40-17-20-7-9-37(10-8-20)11-12-39-4/h5-6,13-16,18,20H,7-12,17H2,1-4H3,(H,32,33,35,36).